The molecule has 0 bridgehead atoms. The van der Waals surface area contributed by atoms with Crippen molar-refractivity contribution in [1.82, 2.24) is 4.98 Å². The predicted octanol–water partition coefficient (Wildman–Crippen LogP) is 3.53. The molecule has 3 aromatic heterocycles. The smallest absolute Gasteiger partial charge is 0.398 e. The molecule has 136 valence electrons. The van der Waals surface area contributed by atoms with Crippen LogP contribution in [0.15, 0.2) is 71.2 Å². The highest BCUT2D eigenvalue weighted by molar-refractivity contribution is 6.80. The number of aromatic nitrogens is 2. The van der Waals surface area contributed by atoms with Crippen LogP contribution in [0.25, 0.3) is 28.3 Å². The average molecular weight is 369 g/mol. The second kappa shape index (κ2) is 6.38. The third-order valence-corrected chi connectivity index (χ3v) is 5.36. The van der Waals surface area contributed by atoms with E-state index >= 15 is 0 Å². The first-order valence-electron chi connectivity index (χ1n) is 10.7. The molecule has 4 heterocycles. The molecular weight excluding hydrogens is 345 g/mol. The van der Waals surface area contributed by atoms with Crippen molar-refractivity contribution < 1.29 is 13.1 Å². The monoisotopic (exact) mass is 369 g/mol. The highest BCUT2D eigenvalue weighted by Gasteiger charge is 2.35. The van der Waals surface area contributed by atoms with Crippen molar-refractivity contribution in [3.63, 3.8) is 0 Å². The minimum atomic E-state index is -2.27. The SMILES string of the molecule is [2H]C([2H])([2H])c1ccc2c3c(oc2n1)N(C)B(c1cc(-c2ccccc2)cc[n+]1C)C=C3. The van der Waals surface area contributed by atoms with Gasteiger partial charge in [0.2, 0.25) is 5.71 Å². The van der Waals surface area contributed by atoms with E-state index in [-0.39, 0.29) is 12.5 Å². The van der Waals surface area contributed by atoms with Gasteiger partial charge in [0, 0.05) is 32.9 Å². The summed E-state index contributed by atoms with van der Waals surface area (Å²) >= 11 is 0. The minimum absolute atomic E-state index is 0.0381. The van der Waals surface area contributed by atoms with Crippen molar-refractivity contribution >= 4 is 35.5 Å². The molecule has 0 aliphatic carbocycles. The molecule has 0 saturated carbocycles. The number of anilines is 1. The van der Waals surface area contributed by atoms with E-state index in [2.05, 4.69) is 50.8 Å². The van der Waals surface area contributed by atoms with E-state index in [0.717, 1.165) is 27.7 Å². The van der Waals surface area contributed by atoms with Crippen molar-refractivity contribution in [1.29, 1.82) is 0 Å². The largest absolute Gasteiger partial charge is 0.423 e. The first kappa shape index (κ1) is 13.8. The Balaban J connectivity index is 1.57. The van der Waals surface area contributed by atoms with Crippen LogP contribution in [0.4, 0.5) is 5.88 Å². The van der Waals surface area contributed by atoms with Gasteiger partial charge in [0.05, 0.1) is 0 Å². The van der Waals surface area contributed by atoms with E-state index in [0.29, 0.717) is 11.6 Å². The molecule has 1 aromatic carbocycles. The Bertz CT molecular complexity index is 1320. The summed E-state index contributed by atoms with van der Waals surface area (Å²) in [6, 6.07) is 17.9. The molecule has 1 aliphatic rings. The van der Waals surface area contributed by atoms with Gasteiger partial charge in [-0.2, -0.15) is 0 Å². The third-order valence-electron chi connectivity index (χ3n) is 5.36. The molecular formula is C23H21BN3O+. The molecule has 28 heavy (non-hydrogen) atoms. The lowest BCUT2D eigenvalue weighted by Crippen LogP contribution is -2.60. The van der Waals surface area contributed by atoms with Crippen LogP contribution in [0.3, 0.4) is 0 Å². The van der Waals surface area contributed by atoms with Gasteiger partial charge in [0.25, 0.3) is 0 Å². The zero-order valence-electron chi connectivity index (χ0n) is 18.8. The highest BCUT2D eigenvalue weighted by atomic mass is 16.4. The summed E-state index contributed by atoms with van der Waals surface area (Å²) in [6.07, 6.45) is 4.11. The Labute approximate surface area is 169 Å². The van der Waals surface area contributed by atoms with Crippen LogP contribution in [0.1, 0.15) is 15.4 Å². The second-order valence-corrected chi connectivity index (χ2v) is 7.10. The summed E-state index contributed by atoms with van der Waals surface area (Å²) in [6.45, 7) is -2.30. The summed E-state index contributed by atoms with van der Waals surface area (Å²) in [5, 5.41) is 0.812. The lowest BCUT2D eigenvalue weighted by molar-refractivity contribution is -0.654. The van der Waals surface area contributed by atoms with Gasteiger partial charge >= 0.3 is 6.85 Å². The first-order chi connectivity index (χ1) is 14.8. The highest BCUT2D eigenvalue weighted by Crippen LogP contribution is 2.35. The molecule has 0 amide bonds. The van der Waals surface area contributed by atoms with Crippen LogP contribution in [0.2, 0.25) is 0 Å². The van der Waals surface area contributed by atoms with E-state index in [1.807, 2.05) is 38.4 Å². The lowest BCUT2D eigenvalue weighted by atomic mass is 9.55. The second-order valence-electron chi connectivity index (χ2n) is 7.10. The number of fused-ring (bicyclic) bond motifs is 3. The van der Waals surface area contributed by atoms with Gasteiger partial charge in [-0.15, -0.1) is 0 Å². The maximum absolute atomic E-state index is 7.61. The van der Waals surface area contributed by atoms with Gasteiger partial charge in [-0.25, -0.2) is 9.55 Å². The summed E-state index contributed by atoms with van der Waals surface area (Å²) in [5.74, 6) is 2.82. The van der Waals surface area contributed by atoms with Gasteiger partial charge in [-0.1, -0.05) is 42.4 Å². The Kier molecular flexibility index (Phi) is 3.14. The molecule has 0 fully saturated rings. The van der Waals surface area contributed by atoms with Gasteiger partial charge in [-0.3, -0.25) is 0 Å². The van der Waals surface area contributed by atoms with Gasteiger partial charge in [-0.05, 0) is 37.2 Å². The summed E-state index contributed by atoms with van der Waals surface area (Å²) in [4.78, 5) is 6.33. The van der Waals surface area contributed by atoms with Crippen molar-refractivity contribution in [2.24, 2.45) is 7.05 Å². The number of hydrogen-bond donors (Lipinski definition) is 0. The number of benzene rings is 1. The van der Waals surface area contributed by atoms with Crippen LogP contribution < -0.4 is 15.0 Å². The Morgan fingerprint density at radius 2 is 1.96 bits per heavy atom. The third kappa shape index (κ3) is 2.62. The Hall–Kier alpha value is -3.34. The standard InChI is InChI=1S/C23H21BN3O/c1-16-9-10-19-20-11-13-24(27(3)23(20)28-22(19)25-16)21-15-18(12-14-26(21)2)17-7-5-4-6-8-17/h4-15H,1-3H3/q+1/i1D3. The van der Waals surface area contributed by atoms with E-state index in [4.69, 9.17) is 8.53 Å². The van der Waals surface area contributed by atoms with E-state index in [1.165, 1.54) is 0 Å². The van der Waals surface area contributed by atoms with Crippen LogP contribution in [0.5, 0.6) is 0 Å². The van der Waals surface area contributed by atoms with Crippen molar-refractivity contribution in [3.8, 4) is 11.1 Å². The number of nitrogens with zero attached hydrogens (tertiary/aromatic N) is 3. The zero-order valence-corrected chi connectivity index (χ0v) is 15.8. The van der Waals surface area contributed by atoms with E-state index < -0.39 is 6.85 Å². The summed E-state index contributed by atoms with van der Waals surface area (Å²) in [5.41, 5.74) is 4.73. The fourth-order valence-electron chi connectivity index (χ4n) is 3.84. The first-order valence-corrected chi connectivity index (χ1v) is 9.23. The number of furan rings is 1. The van der Waals surface area contributed by atoms with Crippen LogP contribution >= 0.6 is 0 Å². The van der Waals surface area contributed by atoms with Gasteiger partial charge in [0.1, 0.15) is 7.05 Å². The van der Waals surface area contributed by atoms with Crippen LogP contribution in [-0.4, -0.2) is 18.9 Å². The Morgan fingerprint density at radius 1 is 1.11 bits per heavy atom. The van der Waals surface area contributed by atoms with Crippen molar-refractivity contribution in [2.45, 2.75) is 6.85 Å². The number of rotatable bonds is 2. The molecule has 0 radical (unpaired) electrons. The molecule has 5 heteroatoms. The molecule has 0 saturated heterocycles. The topological polar surface area (TPSA) is 33.2 Å². The fraction of sp³-hybridized carbons (Fsp3) is 0.130. The molecule has 0 atom stereocenters. The number of aryl methyl sites for hydroxylation is 2. The van der Waals surface area contributed by atoms with Gasteiger partial charge in [0.15, 0.2) is 17.7 Å². The van der Waals surface area contributed by atoms with Crippen LogP contribution in [-0.2, 0) is 7.05 Å². The van der Waals surface area contributed by atoms with E-state index in [9.17, 15) is 0 Å². The summed E-state index contributed by atoms with van der Waals surface area (Å²) < 4.78 is 31.0. The van der Waals surface area contributed by atoms with Gasteiger partial charge < -0.3 is 9.23 Å². The van der Waals surface area contributed by atoms with E-state index in [1.54, 1.807) is 12.1 Å². The van der Waals surface area contributed by atoms with Crippen LogP contribution in [0, 0.1) is 6.85 Å². The fourth-order valence-corrected chi connectivity index (χ4v) is 3.84. The predicted molar refractivity (Wildman–Crippen MR) is 115 cm³/mol. The lowest BCUT2D eigenvalue weighted by Gasteiger charge is -2.24. The molecule has 4 aromatic rings. The molecule has 5 rings (SSSR count). The zero-order chi connectivity index (χ0) is 21.8. The maximum atomic E-state index is 7.61. The number of pyridine rings is 2. The average Bonchev–Trinajstić information content (AvgIpc) is 3.14. The molecule has 4 nitrogen and oxygen atoms in total. The quantitative estimate of drug-likeness (QED) is 0.400. The molecule has 0 N–H and O–H groups in total. The molecule has 1 aliphatic heterocycles. The molecule has 0 spiro atoms. The van der Waals surface area contributed by atoms with Crippen molar-refractivity contribution in [2.75, 3.05) is 11.9 Å². The maximum Gasteiger partial charge on any atom is 0.398 e. The summed E-state index contributed by atoms with van der Waals surface area (Å²) in [7, 11) is 4.01. The number of hydrogen-bond acceptors (Lipinski definition) is 3. The normalized spacial score (nSPS) is 15.3. The van der Waals surface area contributed by atoms with Crippen molar-refractivity contribution in [3.05, 3.63) is 78.0 Å². The minimum Gasteiger partial charge on any atom is -0.423 e. The Morgan fingerprint density at radius 3 is 2.79 bits per heavy atom. The molecule has 0 unspecified atom stereocenters.